The van der Waals surface area contributed by atoms with Crippen LogP contribution in [0.5, 0.6) is 0 Å². The van der Waals surface area contributed by atoms with Gasteiger partial charge in [0.15, 0.2) is 0 Å². The van der Waals surface area contributed by atoms with Crippen LogP contribution in [0.15, 0.2) is 12.3 Å². The van der Waals surface area contributed by atoms with Crippen LogP contribution in [0.1, 0.15) is 43.7 Å². The minimum atomic E-state index is -0.214. The number of hydrogen-bond acceptors (Lipinski definition) is 3. The van der Waals surface area contributed by atoms with E-state index >= 15 is 0 Å². The Hall–Kier alpha value is -1.42. The average molecular weight is 259 g/mol. The zero-order chi connectivity index (χ0) is 13.6. The second kappa shape index (κ2) is 4.30. The molecule has 1 saturated carbocycles. The van der Waals surface area contributed by atoms with E-state index in [9.17, 15) is 4.79 Å². The molecule has 4 heteroatoms. The van der Waals surface area contributed by atoms with E-state index in [1.165, 1.54) is 11.1 Å². The van der Waals surface area contributed by atoms with Crippen molar-refractivity contribution < 1.29 is 4.79 Å². The molecule has 0 saturated heterocycles. The second-order valence-corrected chi connectivity index (χ2v) is 6.35. The van der Waals surface area contributed by atoms with Crippen LogP contribution in [-0.4, -0.2) is 17.4 Å². The molecule has 2 aliphatic rings. The first-order valence-electron chi connectivity index (χ1n) is 7.04. The minimum Gasteiger partial charge on any atom is -0.330 e. The van der Waals surface area contributed by atoms with Gasteiger partial charge in [0.1, 0.15) is 5.82 Å². The van der Waals surface area contributed by atoms with Gasteiger partial charge in [-0.2, -0.15) is 0 Å². The third-order valence-electron chi connectivity index (χ3n) is 4.59. The number of rotatable bonds is 2. The van der Waals surface area contributed by atoms with E-state index in [1.807, 2.05) is 6.20 Å². The molecule has 1 aromatic rings. The molecule has 102 valence electrons. The summed E-state index contributed by atoms with van der Waals surface area (Å²) in [5, 5.41) is 2.97. The summed E-state index contributed by atoms with van der Waals surface area (Å²) in [5.74, 6) is 1.85. The number of nitrogens with two attached hydrogens (primary N) is 1. The van der Waals surface area contributed by atoms with Gasteiger partial charge in [0.25, 0.3) is 0 Å². The highest BCUT2D eigenvalue weighted by atomic mass is 16.2. The Morgan fingerprint density at radius 1 is 1.53 bits per heavy atom. The number of nitrogens with zero attached hydrogens (tertiary/aromatic N) is 1. The van der Waals surface area contributed by atoms with Gasteiger partial charge in [-0.15, -0.1) is 0 Å². The Morgan fingerprint density at radius 2 is 2.26 bits per heavy atom. The van der Waals surface area contributed by atoms with Gasteiger partial charge in [-0.25, -0.2) is 4.98 Å². The fourth-order valence-electron chi connectivity index (χ4n) is 3.32. The molecule has 0 bridgehead atoms. The highest BCUT2D eigenvalue weighted by Crippen LogP contribution is 2.51. The SMILES string of the molecule is CC(C)c1cnc2c(c1)CC1(CC(CN)C1)C(=O)N2. The van der Waals surface area contributed by atoms with Crippen molar-refractivity contribution in [3.63, 3.8) is 0 Å². The zero-order valence-electron chi connectivity index (χ0n) is 11.6. The Labute approximate surface area is 113 Å². The van der Waals surface area contributed by atoms with Crippen LogP contribution in [0.2, 0.25) is 0 Å². The summed E-state index contributed by atoms with van der Waals surface area (Å²) in [4.78, 5) is 16.6. The maximum absolute atomic E-state index is 12.2. The monoisotopic (exact) mass is 259 g/mol. The lowest BCUT2D eigenvalue weighted by Gasteiger charge is -2.48. The maximum atomic E-state index is 12.2. The molecule has 0 radical (unpaired) electrons. The number of fused-ring (bicyclic) bond motifs is 1. The Morgan fingerprint density at radius 3 is 2.89 bits per heavy atom. The van der Waals surface area contributed by atoms with Crippen LogP contribution in [0.3, 0.4) is 0 Å². The fraction of sp³-hybridized carbons (Fsp3) is 0.600. The van der Waals surface area contributed by atoms with Crippen LogP contribution < -0.4 is 11.1 Å². The summed E-state index contributed by atoms with van der Waals surface area (Å²) < 4.78 is 0. The average Bonchev–Trinajstić information content (AvgIpc) is 2.34. The summed E-state index contributed by atoms with van der Waals surface area (Å²) in [5.41, 5.74) is 7.89. The summed E-state index contributed by atoms with van der Waals surface area (Å²) >= 11 is 0. The number of amides is 1. The summed E-state index contributed by atoms with van der Waals surface area (Å²) in [6.07, 6.45) is 4.52. The third-order valence-corrected chi connectivity index (χ3v) is 4.59. The third kappa shape index (κ3) is 1.94. The van der Waals surface area contributed by atoms with Crippen molar-refractivity contribution in [2.75, 3.05) is 11.9 Å². The van der Waals surface area contributed by atoms with Gasteiger partial charge in [-0.05, 0) is 48.8 Å². The van der Waals surface area contributed by atoms with Gasteiger partial charge >= 0.3 is 0 Å². The van der Waals surface area contributed by atoms with Gasteiger partial charge in [-0.1, -0.05) is 19.9 Å². The van der Waals surface area contributed by atoms with Crippen molar-refractivity contribution >= 4 is 11.7 Å². The van der Waals surface area contributed by atoms with E-state index in [4.69, 9.17) is 5.73 Å². The van der Waals surface area contributed by atoms with Crippen LogP contribution in [-0.2, 0) is 11.2 Å². The molecular weight excluding hydrogens is 238 g/mol. The van der Waals surface area contributed by atoms with Crippen molar-refractivity contribution in [2.24, 2.45) is 17.1 Å². The molecule has 1 aliphatic carbocycles. The number of carbonyl (C=O) groups is 1. The second-order valence-electron chi connectivity index (χ2n) is 6.35. The van der Waals surface area contributed by atoms with Crippen molar-refractivity contribution in [1.29, 1.82) is 0 Å². The molecule has 0 aromatic carbocycles. The first kappa shape index (κ1) is 12.6. The predicted molar refractivity (Wildman–Crippen MR) is 74.9 cm³/mol. The van der Waals surface area contributed by atoms with E-state index in [2.05, 4.69) is 30.2 Å². The van der Waals surface area contributed by atoms with Gasteiger partial charge in [0.05, 0.1) is 5.41 Å². The molecule has 3 N–H and O–H groups in total. The normalized spacial score (nSPS) is 29.1. The van der Waals surface area contributed by atoms with Gasteiger partial charge in [-0.3, -0.25) is 4.79 Å². The smallest absolute Gasteiger partial charge is 0.232 e. The largest absolute Gasteiger partial charge is 0.330 e. The van der Waals surface area contributed by atoms with E-state index in [-0.39, 0.29) is 11.3 Å². The predicted octanol–water partition coefficient (Wildman–Crippen LogP) is 2.05. The minimum absolute atomic E-state index is 0.134. The molecule has 0 unspecified atom stereocenters. The number of hydrogen-bond donors (Lipinski definition) is 2. The number of aromatic nitrogens is 1. The van der Waals surface area contributed by atoms with Gasteiger partial charge in [0.2, 0.25) is 5.91 Å². The molecule has 1 spiro atoms. The molecule has 1 fully saturated rings. The number of nitrogens with one attached hydrogen (secondary N) is 1. The Kier molecular flexibility index (Phi) is 2.86. The molecular formula is C15H21N3O. The van der Waals surface area contributed by atoms with Crippen LogP contribution in [0.4, 0.5) is 5.82 Å². The molecule has 0 atom stereocenters. The topological polar surface area (TPSA) is 68.0 Å². The van der Waals surface area contributed by atoms with Crippen LogP contribution in [0.25, 0.3) is 0 Å². The summed E-state index contributed by atoms with van der Waals surface area (Å²) in [6, 6.07) is 2.20. The van der Waals surface area contributed by atoms with E-state index in [0.29, 0.717) is 18.4 Å². The maximum Gasteiger partial charge on any atom is 0.232 e. The molecule has 2 heterocycles. The summed E-state index contributed by atoms with van der Waals surface area (Å²) in [6.45, 7) is 5.01. The highest BCUT2D eigenvalue weighted by Gasteiger charge is 2.51. The van der Waals surface area contributed by atoms with Crippen molar-refractivity contribution in [3.8, 4) is 0 Å². The summed E-state index contributed by atoms with van der Waals surface area (Å²) in [7, 11) is 0. The lowest BCUT2D eigenvalue weighted by molar-refractivity contribution is -0.134. The molecule has 19 heavy (non-hydrogen) atoms. The lowest BCUT2D eigenvalue weighted by atomic mass is 9.58. The molecule has 4 nitrogen and oxygen atoms in total. The quantitative estimate of drug-likeness (QED) is 0.854. The van der Waals surface area contributed by atoms with Crippen molar-refractivity contribution in [1.82, 2.24) is 4.98 Å². The first-order valence-corrected chi connectivity index (χ1v) is 7.04. The van der Waals surface area contributed by atoms with Gasteiger partial charge < -0.3 is 11.1 Å². The van der Waals surface area contributed by atoms with Crippen LogP contribution >= 0.6 is 0 Å². The van der Waals surface area contributed by atoms with E-state index in [1.54, 1.807) is 0 Å². The van der Waals surface area contributed by atoms with Crippen molar-refractivity contribution in [3.05, 3.63) is 23.4 Å². The molecule has 1 aromatic heterocycles. The number of carbonyl (C=O) groups excluding carboxylic acids is 1. The Bertz CT molecular complexity index is 518. The van der Waals surface area contributed by atoms with E-state index < -0.39 is 0 Å². The molecule has 3 rings (SSSR count). The number of pyridine rings is 1. The zero-order valence-corrected chi connectivity index (χ0v) is 11.6. The van der Waals surface area contributed by atoms with Crippen molar-refractivity contribution in [2.45, 2.75) is 39.0 Å². The van der Waals surface area contributed by atoms with E-state index in [0.717, 1.165) is 25.1 Å². The standard InChI is InChI=1S/C15H21N3O/c1-9(2)12-3-11-6-15(4-10(5-15)7-16)14(19)18-13(11)17-8-12/h3,8-10H,4-7,16H2,1-2H3,(H,17,18,19). The first-order chi connectivity index (χ1) is 9.04. The molecule has 1 aliphatic heterocycles. The van der Waals surface area contributed by atoms with Crippen LogP contribution in [0, 0.1) is 11.3 Å². The lowest BCUT2D eigenvalue weighted by Crippen LogP contribution is -2.52. The molecule has 1 amide bonds. The fourth-order valence-corrected chi connectivity index (χ4v) is 3.32. The highest BCUT2D eigenvalue weighted by molar-refractivity contribution is 5.98. The van der Waals surface area contributed by atoms with Gasteiger partial charge in [0, 0.05) is 6.20 Å². The number of anilines is 1. The Balaban J connectivity index is 1.89.